The van der Waals surface area contributed by atoms with Crippen LogP contribution in [0.4, 0.5) is 17.1 Å². The predicted molar refractivity (Wildman–Crippen MR) is 106 cm³/mol. The smallest absolute Gasteiger partial charge is 0.866 e. The molecule has 0 fully saturated rings. The molecule has 1 aromatic heterocycles. The van der Waals surface area contributed by atoms with Gasteiger partial charge in [-0.3, -0.25) is 14.9 Å². The van der Waals surface area contributed by atoms with Crippen molar-refractivity contribution in [1.29, 1.82) is 0 Å². The summed E-state index contributed by atoms with van der Waals surface area (Å²) in [5.41, 5.74) is -2.27. The van der Waals surface area contributed by atoms with Crippen molar-refractivity contribution in [3.05, 3.63) is 68.6 Å². The van der Waals surface area contributed by atoms with Gasteiger partial charge in [-0.1, -0.05) is 25.1 Å². The summed E-state index contributed by atoms with van der Waals surface area (Å²) in [5, 5.41) is 34.2. The van der Waals surface area contributed by atoms with Crippen LogP contribution in [0.25, 0.3) is 5.69 Å². The number of rotatable bonds is 5. The number of hydrogen-bond donors (Lipinski definition) is 0. The molecule has 0 atom stereocenters. The van der Waals surface area contributed by atoms with E-state index in [4.69, 9.17) is 0 Å². The van der Waals surface area contributed by atoms with E-state index in [1.54, 1.807) is 30.3 Å². The van der Waals surface area contributed by atoms with Gasteiger partial charge in [-0.05, 0) is 18.2 Å². The second-order valence-corrected chi connectivity index (χ2v) is 7.07. The van der Waals surface area contributed by atoms with Crippen LogP contribution in [0.1, 0.15) is 5.69 Å². The third-order valence-corrected chi connectivity index (χ3v) is 4.57. The number of nitro benzene ring substituents is 1. The first-order valence-electron chi connectivity index (χ1n) is 7.78. The molecular weight excluding hydrogens is 506 g/mol. The molecule has 0 aliphatic carbocycles. The van der Waals surface area contributed by atoms with Crippen LogP contribution < -0.4 is 15.8 Å². The van der Waals surface area contributed by atoms with Crippen LogP contribution in [0, 0.1) is 17.0 Å². The van der Waals surface area contributed by atoms with Crippen molar-refractivity contribution in [2.24, 2.45) is 10.2 Å². The number of para-hydroxylation sites is 1. The molecule has 0 aliphatic heterocycles. The van der Waals surface area contributed by atoms with Gasteiger partial charge in [0.1, 0.15) is 15.8 Å². The summed E-state index contributed by atoms with van der Waals surface area (Å²) in [6.45, 7) is 1.45. The summed E-state index contributed by atoms with van der Waals surface area (Å²) < 4.78 is 34.6. The minimum atomic E-state index is -5.10. The zero-order valence-corrected chi connectivity index (χ0v) is 18.5. The molecule has 0 amide bonds. The monoisotopic (exact) mass is 522 g/mol. The standard InChI is InChI=1S/C16H13N5O7S.Cr.3H2O/c1-9-14(16(23)20(19-9)10-5-3-2-4-6-10)18-17-12-7-11(29(26,27)28)8-13(15(12)22)21(24)25;;;;/h2-8H,1H3,(H3,17,18,19,22,23,26,27,28);;3*1H2/q;+3;;;/p-3. The molecule has 3 aromatic rings. The van der Waals surface area contributed by atoms with Crippen LogP contribution in [0.15, 0.2) is 62.4 Å². The molecule has 33 heavy (non-hydrogen) atoms. The second-order valence-electron chi connectivity index (χ2n) is 5.69. The van der Waals surface area contributed by atoms with Gasteiger partial charge in [0.15, 0.2) is 0 Å². The Morgan fingerprint density at radius 1 is 1.06 bits per heavy atom. The SMILES string of the molecule is Cc1[n-]n(-c2ccccc2)c(=O)c1N=Nc1cc(S(=O)(=O)[O-])cc([N+](=O)[O-])c1[O-].O.O.O.[Cr+3]. The van der Waals surface area contributed by atoms with Gasteiger partial charge < -0.3 is 35.9 Å². The molecule has 2 aromatic carbocycles. The van der Waals surface area contributed by atoms with E-state index in [1.165, 1.54) is 6.92 Å². The van der Waals surface area contributed by atoms with Crippen molar-refractivity contribution < 1.29 is 56.8 Å². The van der Waals surface area contributed by atoms with Gasteiger partial charge in [-0.25, -0.2) is 8.42 Å². The number of nitrogens with zero attached hydrogens (tertiary/aromatic N) is 5. The van der Waals surface area contributed by atoms with Gasteiger partial charge in [-0.15, -0.1) is 10.8 Å². The maximum Gasteiger partial charge on any atom is 3.00 e. The van der Waals surface area contributed by atoms with Crippen molar-refractivity contribution in [2.45, 2.75) is 11.8 Å². The number of benzene rings is 2. The molecule has 177 valence electrons. The number of hydrogen-bond acceptors (Lipinski definition) is 9. The zero-order valence-electron chi connectivity index (χ0n) is 16.5. The van der Waals surface area contributed by atoms with E-state index in [0.717, 1.165) is 4.68 Å². The zero-order chi connectivity index (χ0) is 21.3. The van der Waals surface area contributed by atoms with Gasteiger partial charge in [-0.2, -0.15) is 5.11 Å². The van der Waals surface area contributed by atoms with Crippen LogP contribution in [-0.2, 0) is 27.5 Å². The molecule has 0 aliphatic rings. The van der Waals surface area contributed by atoms with Gasteiger partial charge in [0.25, 0.3) is 11.2 Å². The van der Waals surface area contributed by atoms with Crippen LogP contribution in [0.5, 0.6) is 5.75 Å². The number of aromatic nitrogens is 2. The molecule has 0 spiro atoms. The summed E-state index contributed by atoms with van der Waals surface area (Å²) >= 11 is 0. The van der Waals surface area contributed by atoms with Crippen molar-refractivity contribution >= 4 is 27.2 Å². The van der Waals surface area contributed by atoms with Crippen LogP contribution in [0.3, 0.4) is 0 Å². The Balaban J connectivity index is 0. The van der Waals surface area contributed by atoms with E-state index in [1.807, 2.05) is 0 Å². The van der Waals surface area contributed by atoms with Crippen LogP contribution in [-0.4, -0.2) is 39.0 Å². The molecular formula is C16H16CrN5O10S. The first kappa shape index (κ1) is 31.8. The van der Waals surface area contributed by atoms with E-state index in [-0.39, 0.29) is 45.2 Å². The Kier molecular flexibility index (Phi) is 11.5. The average Bonchev–Trinajstić information content (AvgIpc) is 2.94. The normalized spacial score (nSPS) is 10.4. The Hall–Kier alpha value is -3.43. The Morgan fingerprint density at radius 2 is 1.64 bits per heavy atom. The van der Waals surface area contributed by atoms with Crippen molar-refractivity contribution in [2.75, 3.05) is 0 Å². The minimum absolute atomic E-state index is 0. The number of nitro groups is 1. The molecule has 1 radical (unpaired) electrons. The van der Waals surface area contributed by atoms with Crippen LogP contribution >= 0.6 is 0 Å². The minimum Gasteiger partial charge on any atom is -0.866 e. The fraction of sp³-hybridized carbons (Fsp3) is 0.0625. The second kappa shape index (κ2) is 12.0. The number of azo groups is 1. The first-order valence-corrected chi connectivity index (χ1v) is 9.19. The van der Waals surface area contributed by atoms with Crippen molar-refractivity contribution in [3.8, 4) is 11.4 Å². The molecule has 1 heterocycles. The first-order chi connectivity index (χ1) is 13.6. The average molecular weight is 522 g/mol. The van der Waals surface area contributed by atoms with Crippen molar-refractivity contribution in [3.63, 3.8) is 0 Å². The summed E-state index contributed by atoms with van der Waals surface area (Å²) in [5.74, 6) is -1.26. The molecule has 0 unspecified atom stereocenters. The summed E-state index contributed by atoms with van der Waals surface area (Å²) in [6.07, 6.45) is 0. The van der Waals surface area contributed by atoms with Crippen LogP contribution in [0.2, 0.25) is 0 Å². The van der Waals surface area contributed by atoms with Gasteiger partial charge >= 0.3 is 17.4 Å². The third-order valence-electron chi connectivity index (χ3n) is 3.75. The number of aryl methyl sites for hydroxylation is 1. The Labute approximate surface area is 196 Å². The summed E-state index contributed by atoms with van der Waals surface area (Å²) in [4.78, 5) is 21.3. The third kappa shape index (κ3) is 6.53. The molecule has 0 saturated heterocycles. The van der Waals surface area contributed by atoms with Gasteiger partial charge in [0, 0.05) is 17.5 Å². The topological polar surface area (TPSA) is 279 Å². The maximum atomic E-state index is 12.5. The predicted octanol–water partition coefficient (Wildman–Crippen LogP) is -1.07. The molecule has 17 heteroatoms. The van der Waals surface area contributed by atoms with E-state index in [9.17, 15) is 33.0 Å². The van der Waals surface area contributed by atoms with Crippen molar-refractivity contribution in [1.82, 2.24) is 9.78 Å². The van der Waals surface area contributed by atoms with Gasteiger partial charge in [0.2, 0.25) is 0 Å². The molecule has 0 saturated carbocycles. The summed E-state index contributed by atoms with van der Waals surface area (Å²) in [7, 11) is -5.10. The van der Waals surface area contributed by atoms with Gasteiger partial charge in [0.05, 0.1) is 15.5 Å². The van der Waals surface area contributed by atoms with E-state index in [0.29, 0.717) is 17.8 Å². The molecule has 6 N–H and O–H groups in total. The Morgan fingerprint density at radius 3 is 2.15 bits per heavy atom. The van der Waals surface area contributed by atoms with E-state index >= 15 is 0 Å². The largest absolute Gasteiger partial charge is 3.00 e. The summed E-state index contributed by atoms with van der Waals surface area (Å²) in [6, 6.07) is 9.26. The Bertz CT molecular complexity index is 1310. The quantitative estimate of drug-likeness (QED) is 0.171. The molecule has 0 bridgehead atoms. The molecule has 15 nitrogen and oxygen atoms in total. The fourth-order valence-electron chi connectivity index (χ4n) is 2.39. The maximum absolute atomic E-state index is 12.5. The van der Waals surface area contributed by atoms with E-state index < -0.39 is 42.6 Å². The van der Waals surface area contributed by atoms with E-state index in [2.05, 4.69) is 15.3 Å². The molecule has 3 rings (SSSR count). The fourth-order valence-corrected chi connectivity index (χ4v) is 2.90.